The van der Waals surface area contributed by atoms with Gasteiger partial charge in [-0.05, 0) is 49.6 Å². The van der Waals surface area contributed by atoms with Gasteiger partial charge in [0.2, 0.25) is 0 Å². The highest BCUT2D eigenvalue weighted by Gasteiger charge is 2.25. The van der Waals surface area contributed by atoms with Crippen LogP contribution in [0.1, 0.15) is 35.6 Å². The van der Waals surface area contributed by atoms with Crippen LogP contribution in [0, 0.1) is 6.92 Å². The highest BCUT2D eigenvalue weighted by Crippen LogP contribution is 2.34. The highest BCUT2D eigenvalue weighted by atomic mass is 35.5. The number of aromatic amines is 1. The number of phenolic OH excluding ortho intramolecular Hbond substituents is 1. The van der Waals surface area contributed by atoms with E-state index in [1.807, 2.05) is 18.3 Å². The van der Waals surface area contributed by atoms with Gasteiger partial charge in [-0.1, -0.05) is 47.5 Å². The van der Waals surface area contributed by atoms with Crippen molar-refractivity contribution in [2.45, 2.75) is 32.2 Å². The van der Waals surface area contributed by atoms with Crippen LogP contribution in [0.25, 0.3) is 11.1 Å². The third-order valence-electron chi connectivity index (χ3n) is 5.33. The molecule has 0 unspecified atom stereocenters. The normalized spacial score (nSPS) is 17.9. The smallest absolute Gasteiger partial charge is 0.134 e. The van der Waals surface area contributed by atoms with E-state index in [1.54, 1.807) is 6.07 Å². The van der Waals surface area contributed by atoms with Crippen LogP contribution in [0.15, 0.2) is 48.7 Å². The molecule has 0 saturated carbocycles. The lowest BCUT2D eigenvalue weighted by Crippen LogP contribution is -2.34. The summed E-state index contributed by atoms with van der Waals surface area (Å²) in [6.45, 7) is 5.02. The van der Waals surface area contributed by atoms with Gasteiger partial charge in [-0.15, -0.1) is 0 Å². The number of aromatic nitrogens is 2. The zero-order valence-corrected chi connectivity index (χ0v) is 16.2. The minimum absolute atomic E-state index is 0.136. The summed E-state index contributed by atoms with van der Waals surface area (Å²) in [6.07, 6.45) is 4.26. The van der Waals surface area contributed by atoms with Gasteiger partial charge in [-0.25, -0.2) is 0 Å². The van der Waals surface area contributed by atoms with E-state index in [0.29, 0.717) is 10.9 Å². The van der Waals surface area contributed by atoms with Gasteiger partial charge in [0.1, 0.15) is 5.75 Å². The molecule has 2 aromatic carbocycles. The Morgan fingerprint density at radius 2 is 2.15 bits per heavy atom. The van der Waals surface area contributed by atoms with Gasteiger partial charge < -0.3 is 5.11 Å². The monoisotopic (exact) mass is 381 g/mol. The average Bonchev–Trinajstić information content (AvgIpc) is 3.15. The molecule has 0 bridgehead atoms. The van der Waals surface area contributed by atoms with E-state index < -0.39 is 0 Å². The third-order valence-corrected chi connectivity index (χ3v) is 5.63. The van der Waals surface area contributed by atoms with Crippen molar-refractivity contribution < 1.29 is 5.11 Å². The summed E-state index contributed by atoms with van der Waals surface area (Å²) >= 11 is 6.06. The first-order valence-electron chi connectivity index (χ1n) is 9.40. The fraction of sp³-hybridized carbons (Fsp3) is 0.318. The molecule has 4 nitrogen and oxygen atoms in total. The average molecular weight is 382 g/mol. The number of aromatic hydroxyl groups is 1. The minimum Gasteiger partial charge on any atom is -0.506 e. The van der Waals surface area contributed by atoms with Crippen molar-refractivity contribution in [1.82, 2.24) is 15.1 Å². The second-order valence-corrected chi connectivity index (χ2v) is 7.83. The molecule has 1 fully saturated rings. The fourth-order valence-corrected chi connectivity index (χ4v) is 4.19. The minimum atomic E-state index is 0.136. The molecule has 0 radical (unpaired) electrons. The quantitative estimate of drug-likeness (QED) is 0.659. The van der Waals surface area contributed by atoms with E-state index in [0.717, 1.165) is 38.0 Å². The standard InChI is InChI=1S/C22H24ClN3O/c1-15-4-2-5-17(10-15)19-12-24-25-22(19)18-6-3-9-26(14-18)13-16-7-8-21(27)20(23)11-16/h2,4-5,7-8,10-12,18,27H,3,6,9,13-14H2,1H3,(H,24,25)/t18-/m1/s1. The third kappa shape index (κ3) is 4.02. The summed E-state index contributed by atoms with van der Waals surface area (Å²) in [7, 11) is 0. The predicted octanol–water partition coefficient (Wildman–Crippen LogP) is 5.12. The van der Waals surface area contributed by atoms with E-state index >= 15 is 0 Å². The van der Waals surface area contributed by atoms with E-state index in [2.05, 4.69) is 46.3 Å². The van der Waals surface area contributed by atoms with Crippen molar-refractivity contribution in [3.8, 4) is 16.9 Å². The maximum atomic E-state index is 9.62. The van der Waals surface area contributed by atoms with Crippen LogP contribution in [0.2, 0.25) is 5.02 Å². The van der Waals surface area contributed by atoms with Crippen LogP contribution in [0.4, 0.5) is 0 Å². The van der Waals surface area contributed by atoms with Crippen LogP contribution in [-0.4, -0.2) is 33.3 Å². The van der Waals surface area contributed by atoms with Crippen LogP contribution < -0.4 is 0 Å². The molecule has 4 rings (SSSR count). The van der Waals surface area contributed by atoms with Gasteiger partial charge in [-0.3, -0.25) is 10.00 Å². The van der Waals surface area contributed by atoms with Gasteiger partial charge in [-0.2, -0.15) is 5.10 Å². The summed E-state index contributed by atoms with van der Waals surface area (Å²) in [5, 5.41) is 17.6. The topological polar surface area (TPSA) is 52.2 Å². The molecule has 1 aliphatic heterocycles. The van der Waals surface area contributed by atoms with Gasteiger partial charge in [0.15, 0.2) is 0 Å². The molecule has 0 spiro atoms. The maximum Gasteiger partial charge on any atom is 0.134 e. The maximum absolute atomic E-state index is 9.62. The number of likely N-dealkylation sites (tertiary alicyclic amines) is 1. The van der Waals surface area contributed by atoms with Gasteiger partial charge in [0.05, 0.1) is 11.2 Å². The number of hydrogen-bond acceptors (Lipinski definition) is 3. The zero-order valence-electron chi connectivity index (χ0n) is 15.5. The Morgan fingerprint density at radius 1 is 1.26 bits per heavy atom. The number of benzene rings is 2. The summed E-state index contributed by atoms with van der Waals surface area (Å²) in [6, 6.07) is 14.1. The summed E-state index contributed by atoms with van der Waals surface area (Å²) in [5.41, 5.74) is 6.05. The number of halogens is 1. The number of nitrogens with one attached hydrogen (secondary N) is 1. The fourth-order valence-electron chi connectivity index (χ4n) is 3.99. The van der Waals surface area contributed by atoms with Crippen LogP contribution in [0.3, 0.4) is 0 Å². The number of phenols is 1. The Labute approximate surface area is 164 Å². The molecule has 1 atom stereocenters. The molecule has 1 aromatic heterocycles. The van der Waals surface area contributed by atoms with Crippen LogP contribution >= 0.6 is 11.6 Å². The number of H-pyrrole nitrogens is 1. The Morgan fingerprint density at radius 3 is 2.96 bits per heavy atom. The zero-order chi connectivity index (χ0) is 18.8. The van der Waals surface area contributed by atoms with Crippen molar-refractivity contribution in [3.63, 3.8) is 0 Å². The van der Waals surface area contributed by atoms with Gasteiger partial charge >= 0.3 is 0 Å². The molecular weight excluding hydrogens is 358 g/mol. The SMILES string of the molecule is Cc1cccc(-c2cn[nH]c2[C@@H]2CCCN(Cc3ccc(O)c(Cl)c3)C2)c1. The Hall–Kier alpha value is -2.30. The van der Waals surface area contributed by atoms with Crippen molar-refractivity contribution in [2.24, 2.45) is 0 Å². The van der Waals surface area contributed by atoms with Crippen molar-refractivity contribution >= 4 is 11.6 Å². The first-order valence-corrected chi connectivity index (χ1v) is 9.78. The first kappa shape index (κ1) is 18.1. The van der Waals surface area contributed by atoms with Crippen molar-refractivity contribution in [2.75, 3.05) is 13.1 Å². The molecular formula is C22H24ClN3O. The lowest BCUT2D eigenvalue weighted by atomic mass is 9.90. The number of aryl methyl sites for hydroxylation is 1. The molecule has 3 aromatic rings. The number of piperidine rings is 1. The molecule has 1 aliphatic rings. The molecule has 0 aliphatic carbocycles. The van der Waals surface area contributed by atoms with Gasteiger partial charge in [0.25, 0.3) is 0 Å². The van der Waals surface area contributed by atoms with E-state index in [4.69, 9.17) is 11.6 Å². The second kappa shape index (κ2) is 7.75. The van der Waals surface area contributed by atoms with E-state index in [1.165, 1.54) is 22.4 Å². The number of rotatable bonds is 4. The highest BCUT2D eigenvalue weighted by molar-refractivity contribution is 6.32. The molecule has 0 amide bonds. The molecule has 140 valence electrons. The Bertz CT molecular complexity index is 937. The summed E-state index contributed by atoms with van der Waals surface area (Å²) in [5.74, 6) is 0.571. The van der Waals surface area contributed by atoms with Crippen LogP contribution in [0.5, 0.6) is 5.75 Å². The summed E-state index contributed by atoms with van der Waals surface area (Å²) < 4.78 is 0. The molecule has 27 heavy (non-hydrogen) atoms. The Balaban J connectivity index is 1.52. The lowest BCUT2D eigenvalue weighted by Gasteiger charge is -2.32. The molecule has 1 saturated heterocycles. The summed E-state index contributed by atoms with van der Waals surface area (Å²) in [4.78, 5) is 2.46. The van der Waals surface area contributed by atoms with Crippen molar-refractivity contribution in [1.29, 1.82) is 0 Å². The second-order valence-electron chi connectivity index (χ2n) is 7.43. The van der Waals surface area contributed by atoms with Crippen LogP contribution in [-0.2, 0) is 6.54 Å². The Kier molecular flexibility index (Phi) is 5.19. The van der Waals surface area contributed by atoms with E-state index in [9.17, 15) is 5.11 Å². The molecule has 2 heterocycles. The lowest BCUT2D eigenvalue weighted by molar-refractivity contribution is 0.198. The molecule has 2 N–H and O–H groups in total. The largest absolute Gasteiger partial charge is 0.506 e. The van der Waals surface area contributed by atoms with Crippen molar-refractivity contribution in [3.05, 3.63) is 70.5 Å². The molecule has 5 heteroatoms. The predicted molar refractivity (Wildman–Crippen MR) is 109 cm³/mol. The number of nitrogens with zero attached hydrogens (tertiary/aromatic N) is 2. The first-order chi connectivity index (χ1) is 13.1. The van der Waals surface area contributed by atoms with E-state index in [-0.39, 0.29) is 5.75 Å². The van der Waals surface area contributed by atoms with Gasteiger partial charge in [0, 0.05) is 30.3 Å². The number of hydrogen-bond donors (Lipinski definition) is 2.